The first-order chi connectivity index (χ1) is 18.8. The lowest BCUT2D eigenvalue weighted by Gasteiger charge is -2.40. The molecule has 1 fully saturated rings. The molecule has 1 aliphatic carbocycles. The quantitative estimate of drug-likeness (QED) is 0.271. The first kappa shape index (κ1) is 34.0. The fourth-order valence-electron chi connectivity index (χ4n) is 5.27. The van der Waals surface area contributed by atoms with Crippen molar-refractivity contribution in [1.82, 2.24) is 15.5 Å². The molecule has 7 nitrogen and oxygen atoms in total. The molecule has 1 aromatic rings. The minimum atomic E-state index is -0.808. The van der Waals surface area contributed by atoms with Gasteiger partial charge in [0.2, 0.25) is 11.8 Å². The predicted octanol–water partition coefficient (Wildman–Crippen LogP) is 6.78. The molecule has 1 aliphatic rings. The van der Waals surface area contributed by atoms with Gasteiger partial charge in [-0.3, -0.25) is 9.59 Å². The summed E-state index contributed by atoms with van der Waals surface area (Å²) < 4.78 is 5.52. The fourth-order valence-corrected chi connectivity index (χ4v) is 5.74. The number of aryl methyl sites for hydroxylation is 1. The number of carbonyl (C=O) groups is 3. The van der Waals surface area contributed by atoms with Crippen LogP contribution in [0.15, 0.2) is 24.3 Å². The van der Waals surface area contributed by atoms with E-state index in [1.807, 2.05) is 44.4 Å². The molecule has 0 radical (unpaired) electrons. The number of alkyl carbamates (subject to hydrolysis) is 1. The number of carbonyl (C=O) groups excluding carboxylic acids is 3. The molecule has 0 heterocycles. The third kappa shape index (κ3) is 11.0. The van der Waals surface area contributed by atoms with Crippen molar-refractivity contribution >= 4 is 29.7 Å². The Kier molecular flexibility index (Phi) is 13.8. The van der Waals surface area contributed by atoms with E-state index >= 15 is 0 Å². The van der Waals surface area contributed by atoms with Crippen LogP contribution in [0.3, 0.4) is 0 Å². The fraction of sp³-hybridized carbons (Fsp3) is 0.719. The highest BCUT2D eigenvalue weighted by molar-refractivity contribution is 7.98. The van der Waals surface area contributed by atoms with Gasteiger partial charge in [-0.2, -0.15) is 11.8 Å². The summed E-state index contributed by atoms with van der Waals surface area (Å²) in [5, 5.41) is 6.16. The van der Waals surface area contributed by atoms with Gasteiger partial charge in [-0.15, -0.1) is 0 Å². The highest BCUT2D eigenvalue weighted by atomic mass is 32.2. The number of rotatable bonds is 13. The van der Waals surface area contributed by atoms with E-state index < -0.39 is 23.8 Å². The van der Waals surface area contributed by atoms with Crippen LogP contribution in [-0.4, -0.2) is 58.5 Å². The lowest BCUT2D eigenvalue weighted by molar-refractivity contribution is -0.145. The maximum absolute atomic E-state index is 14.5. The standard InChI is InChI=1S/C32H53N3O4S/c1-22(2)18-19-24(4)35(30(37)27(20-21-40-8)34-31(38)39-32(5,6)7)28(26-17-13-12-14-23(26)3)29(36)33-25-15-10-9-11-16-25/h12-14,17,22,24-25,27-28H,9-11,15-16,18-21H2,1-8H3,(H,33,36)(H,34,38). The molecule has 1 aromatic carbocycles. The first-order valence-electron chi connectivity index (χ1n) is 15.0. The number of nitrogens with zero attached hydrogens (tertiary/aromatic N) is 1. The molecule has 0 aromatic heterocycles. The largest absolute Gasteiger partial charge is 0.444 e. The third-order valence-electron chi connectivity index (χ3n) is 7.45. The molecule has 2 N–H and O–H groups in total. The van der Waals surface area contributed by atoms with Gasteiger partial charge in [0, 0.05) is 12.1 Å². The molecule has 8 heteroatoms. The molecule has 0 saturated heterocycles. The molecule has 3 amide bonds. The van der Waals surface area contributed by atoms with Crippen LogP contribution in [0.2, 0.25) is 0 Å². The number of amides is 3. The van der Waals surface area contributed by atoms with Crippen molar-refractivity contribution in [2.75, 3.05) is 12.0 Å². The minimum Gasteiger partial charge on any atom is -0.444 e. The minimum absolute atomic E-state index is 0.114. The van der Waals surface area contributed by atoms with Gasteiger partial charge in [-0.25, -0.2) is 4.79 Å². The van der Waals surface area contributed by atoms with Crippen molar-refractivity contribution in [3.8, 4) is 0 Å². The summed E-state index contributed by atoms with van der Waals surface area (Å²) in [5.41, 5.74) is 1.09. The number of thioether (sulfide) groups is 1. The number of hydrogen-bond donors (Lipinski definition) is 2. The molecule has 0 bridgehead atoms. The van der Waals surface area contributed by atoms with Crippen molar-refractivity contribution in [3.63, 3.8) is 0 Å². The van der Waals surface area contributed by atoms with Gasteiger partial charge < -0.3 is 20.3 Å². The monoisotopic (exact) mass is 575 g/mol. The van der Waals surface area contributed by atoms with E-state index in [0.717, 1.165) is 49.7 Å². The first-order valence-corrected chi connectivity index (χ1v) is 16.4. The van der Waals surface area contributed by atoms with Crippen molar-refractivity contribution in [2.24, 2.45) is 5.92 Å². The van der Waals surface area contributed by atoms with E-state index in [1.165, 1.54) is 6.42 Å². The van der Waals surface area contributed by atoms with E-state index in [2.05, 4.69) is 24.5 Å². The number of benzene rings is 1. The van der Waals surface area contributed by atoms with Crippen molar-refractivity contribution in [2.45, 2.75) is 130 Å². The average Bonchev–Trinajstić information content (AvgIpc) is 2.88. The normalized spacial score (nSPS) is 16.6. The van der Waals surface area contributed by atoms with Crippen LogP contribution < -0.4 is 10.6 Å². The zero-order chi connectivity index (χ0) is 29.9. The summed E-state index contributed by atoms with van der Waals surface area (Å²) >= 11 is 1.62. The Balaban J connectivity index is 2.54. The molecule has 40 heavy (non-hydrogen) atoms. The van der Waals surface area contributed by atoms with Gasteiger partial charge in [0.15, 0.2) is 0 Å². The molecular formula is C32H53N3O4S. The lowest BCUT2D eigenvalue weighted by Crippen LogP contribution is -2.56. The maximum atomic E-state index is 14.5. The molecule has 2 rings (SSSR count). The Morgan fingerprint density at radius 2 is 1.68 bits per heavy atom. The van der Waals surface area contributed by atoms with Crippen LogP contribution in [0.25, 0.3) is 0 Å². The Hall–Kier alpha value is -2.22. The summed E-state index contributed by atoms with van der Waals surface area (Å²) in [5.74, 6) is 0.749. The van der Waals surface area contributed by atoms with Crippen LogP contribution in [0.5, 0.6) is 0 Å². The summed E-state index contributed by atoms with van der Waals surface area (Å²) in [6.07, 6.45) is 8.78. The number of nitrogens with one attached hydrogen (secondary N) is 2. The summed E-state index contributed by atoms with van der Waals surface area (Å²) in [7, 11) is 0. The van der Waals surface area contributed by atoms with Gasteiger partial charge in [0.1, 0.15) is 17.7 Å². The Labute approximate surface area is 246 Å². The summed E-state index contributed by atoms with van der Waals surface area (Å²) in [6.45, 7) is 13.7. The second-order valence-electron chi connectivity index (χ2n) is 12.6. The van der Waals surface area contributed by atoms with Crippen molar-refractivity contribution in [1.29, 1.82) is 0 Å². The topological polar surface area (TPSA) is 87.7 Å². The van der Waals surface area contributed by atoms with E-state index in [0.29, 0.717) is 18.1 Å². The number of ether oxygens (including phenoxy) is 1. The average molecular weight is 576 g/mol. The summed E-state index contributed by atoms with van der Waals surface area (Å²) in [4.78, 5) is 43.3. The number of hydrogen-bond acceptors (Lipinski definition) is 5. The maximum Gasteiger partial charge on any atom is 0.408 e. The van der Waals surface area contributed by atoms with Crippen molar-refractivity contribution < 1.29 is 19.1 Å². The van der Waals surface area contributed by atoms with Crippen LogP contribution in [-0.2, 0) is 14.3 Å². The van der Waals surface area contributed by atoms with E-state index in [9.17, 15) is 14.4 Å². The lowest BCUT2D eigenvalue weighted by atomic mass is 9.92. The summed E-state index contributed by atoms with van der Waals surface area (Å²) in [6, 6.07) is 6.11. The zero-order valence-corrected chi connectivity index (χ0v) is 26.9. The molecule has 3 unspecified atom stereocenters. The molecule has 226 valence electrons. The van der Waals surface area contributed by atoms with E-state index in [4.69, 9.17) is 4.74 Å². The molecule has 1 saturated carbocycles. The SMILES string of the molecule is CSCCC(NC(=O)OC(C)(C)C)C(=O)N(C(C)CCC(C)C)C(C(=O)NC1CCCCC1)c1ccccc1C. The second-order valence-corrected chi connectivity index (χ2v) is 13.6. The Morgan fingerprint density at radius 1 is 1.02 bits per heavy atom. The highest BCUT2D eigenvalue weighted by Crippen LogP contribution is 2.31. The molecular weight excluding hydrogens is 522 g/mol. The van der Waals surface area contributed by atoms with Gasteiger partial charge in [0.25, 0.3) is 0 Å². The smallest absolute Gasteiger partial charge is 0.408 e. The van der Waals surface area contributed by atoms with Gasteiger partial charge in [-0.1, -0.05) is 57.4 Å². The van der Waals surface area contributed by atoms with Gasteiger partial charge in [0.05, 0.1) is 0 Å². The Morgan fingerprint density at radius 3 is 2.25 bits per heavy atom. The Bertz CT molecular complexity index is 956. The van der Waals surface area contributed by atoms with Crippen LogP contribution >= 0.6 is 11.8 Å². The van der Waals surface area contributed by atoms with Crippen LogP contribution in [0.1, 0.15) is 110 Å². The molecule has 0 spiro atoms. The molecule has 3 atom stereocenters. The van der Waals surface area contributed by atoms with Crippen molar-refractivity contribution in [3.05, 3.63) is 35.4 Å². The third-order valence-corrected chi connectivity index (χ3v) is 8.10. The predicted molar refractivity (Wildman–Crippen MR) is 165 cm³/mol. The van der Waals surface area contributed by atoms with E-state index in [1.54, 1.807) is 37.4 Å². The molecule has 0 aliphatic heterocycles. The van der Waals surface area contributed by atoms with Crippen LogP contribution in [0.4, 0.5) is 4.79 Å². The van der Waals surface area contributed by atoms with Gasteiger partial charge in [-0.05, 0) is 95.8 Å². The van der Waals surface area contributed by atoms with E-state index in [-0.39, 0.29) is 23.9 Å². The highest BCUT2D eigenvalue weighted by Gasteiger charge is 2.39. The van der Waals surface area contributed by atoms with Crippen LogP contribution in [0, 0.1) is 12.8 Å². The van der Waals surface area contributed by atoms with Gasteiger partial charge >= 0.3 is 6.09 Å². The second kappa shape index (κ2) is 16.3. The zero-order valence-electron chi connectivity index (χ0n) is 26.0.